The zero-order valence-corrected chi connectivity index (χ0v) is 20.3. The largest absolute Gasteiger partial charge is 0.324 e. The smallest absolute Gasteiger partial charge is 0.263 e. The normalized spacial score (nSPS) is 11.1. The fraction of sp³-hybridized carbons (Fsp3) is 0.0952. The van der Waals surface area contributed by atoms with Crippen LogP contribution in [0.25, 0.3) is 0 Å². The van der Waals surface area contributed by atoms with Gasteiger partial charge in [-0.05, 0) is 62.4 Å². The maximum atomic E-state index is 12.8. The van der Waals surface area contributed by atoms with Crippen molar-refractivity contribution in [2.24, 2.45) is 0 Å². The van der Waals surface area contributed by atoms with Crippen LogP contribution in [-0.4, -0.2) is 34.5 Å². The quantitative estimate of drug-likeness (QED) is 0.329. The molecule has 2 aromatic heterocycles. The Morgan fingerprint density at radius 1 is 0.971 bits per heavy atom. The lowest BCUT2D eigenvalue weighted by molar-refractivity contribution is 0.102. The molecule has 1 amide bonds. The molecule has 3 N–H and O–H groups in total. The van der Waals surface area contributed by atoms with E-state index in [4.69, 9.17) is 11.6 Å². The van der Waals surface area contributed by atoms with Crippen molar-refractivity contribution in [3.05, 3.63) is 76.0 Å². The number of aryl methyl sites for hydroxylation is 2. The molecule has 34 heavy (non-hydrogen) atoms. The Kier molecular flexibility index (Phi) is 6.72. The molecular weight excluding hydrogens is 498 g/mol. The summed E-state index contributed by atoms with van der Waals surface area (Å²) in [4.78, 5) is 21.5. The van der Waals surface area contributed by atoms with E-state index in [2.05, 4.69) is 35.5 Å². The first-order chi connectivity index (χ1) is 16.2. The van der Waals surface area contributed by atoms with E-state index in [-0.39, 0.29) is 20.6 Å². The number of nitrogens with zero attached hydrogens (tertiary/aromatic N) is 4. The standard InChI is InChI=1S/C21H18ClN7O3S2/c1-12-9-13(2)25-20(24-12)27-15-5-8-18(22)17(10-15)19(30)26-14-3-6-16(7-4-14)34(31,32)29-21-28-23-11-33-21/h3-11H,1-2H3,(H,26,30)(H,28,29)(H,24,25,27). The highest BCUT2D eigenvalue weighted by Gasteiger charge is 2.17. The van der Waals surface area contributed by atoms with Crippen molar-refractivity contribution in [1.82, 2.24) is 20.2 Å². The van der Waals surface area contributed by atoms with E-state index in [9.17, 15) is 13.2 Å². The summed E-state index contributed by atoms with van der Waals surface area (Å²) < 4.78 is 27.2. The Morgan fingerprint density at radius 3 is 2.29 bits per heavy atom. The number of aromatic nitrogens is 4. The first-order valence-electron chi connectivity index (χ1n) is 9.79. The average Bonchev–Trinajstić information content (AvgIpc) is 3.27. The third-order valence-electron chi connectivity index (χ3n) is 4.45. The number of carbonyl (C=O) groups is 1. The highest BCUT2D eigenvalue weighted by Crippen LogP contribution is 2.24. The van der Waals surface area contributed by atoms with Gasteiger partial charge in [-0.25, -0.2) is 18.4 Å². The summed E-state index contributed by atoms with van der Waals surface area (Å²) in [7, 11) is -3.82. The second kappa shape index (κ2) is 9.71. The minimum atomic E-state index is -3.82. The summed E-state index contributed by atoms with van der Waals surface area (Å²) in [5.74, 6) is -0.0531. The summed E-state index contributed by atoms with van der Waals surface area (Å²) in [5.41, 5.74) is 4.25. The molecule has 2 aromatic carbocycles. The number of rotatable bonds is 7. The first kappa shape index (κ1) is 23.5. The van der Waals surface area contributed by atoms with Crippen LogP contribution in [0.5, 0.6) is 0 Å². The zero-order chi connectivity index (χ0) is 24.3. The average molecular weight is 516 g/mol. The van der Waals surface area contributed by atoms with Crippen LogP contribution < -0.4 is 15.4 Å². The molecule has 0 bridgehead atoms. The van der Waals surface area contributed by atoms with Gasteiger partial charge in [0.05, 0.1) is 15.5 Å². The third kappa shape index (κ3) is 5.65. The number of hydrogen-bond donors (Lipinski definition) is 3. The number of hydrogen-bond acceptors (Lipinski definition) is 9. The molecule has 0 aliphatic rings. The maximum Gasteiger partial charge on any atom is 0.263 e. The van der Waals surface area contributed by atoms with Gasteiger partial charge in [0.1, 0.15) is 5.51 Å². The summed E-state index contributed by atoms with van der Waals surface area (Å²) in [5, 5.41) is 13.5. The predicted octanol–water partition coefficient (Wildman–Crippen LogP) is 4.40. The summed E-state index contributed by atoms with van der Waals surface area (Å²) >= 11 is 7.31. The molecule has 0 aliphatic heterocycles. The van der Waals surface area contributed by atoms with E-state index in [1.54, 1.807) is 18.2 Å². The molecule has 0 aliphatic carbocycles. The third-order valence-corrected chi connectivity index (χ3v) is 6.87. The van der Waals surface area contributed by atoms with Crippen LogP contribution >= 0.6 is 22.9 Å². The predicted molar refractivity (Wildman–Crippen MR) is 131 cm³/mol. The fourth-order valence-corrected chi connectivity index (χ4v) is 4.89. The molecular formula is C21H18ClN7O3S2. The van der Waals surface area contributed by atoms with Crippen molar-refractivity contribution in [2.75, 3.05) is 15.4 Å². The van der Waals surface area contributed by atoms with Crippen LogP contribution in [0.1, 0.15) is 21.7 Å². The van der Waals surface area contributed by atoms with Gasteiger partial charge in [-0.1, -0.05) is 22.9 Å². The highest BCUT2D eigenvalue weighted by atomic mass is 35.5. The minimum Gasteiger partial charge on any atom is -0.324 e. The summed E-state index contributed by atoms with van der Waals surface area (Å²) in [6.07, 6.45) is 0. The fourth-order valence-electron chi connectivity index (χ4n) is 3.00. The van der Waals surface area contributed by atoms with Gasteiger partial charge < -0.3 is 10.6 Å². The Morgan fingerprint density at radius 2 is 1.65 bits per heavy atom. The van der Waals surface area contributed by atoms with Crippen LogP contribution in [0.3, 0.4) is 0 Å². The molecule has 0 radical (unpaired) electrons. The lowest BCUT2D eigenvalue weighted by atomic mass is 10.1. The monoisotopic (exact) mass is 515 g/mol. The van der Waals surface area contributed by atoms with Crippen molar-refractivity contribution < 1.29 is 13.2 Å². The SMILES string of the molecule is Cc1cc(C)nc(Nc2ccc(Cl)c(C(=O)Nc3ccc(S(=O)(=O)Nc4nncs4)cc3)c2)n1. The summed E-state index contributed by atoms with van der Waals surface area (Å²) in [6, 6.07) is 12.4. The lowest BCUT2D eigenvalue weighted by Gasteiger charge is -2.11. The second-order valence-electron chi connectivity index (χ2n) is 7.12. The van der Waals surface area contributed by atoms with Crippen LogP contribution in [0.4, 0.5) is 22.5 Å². The van der Waals surface area contributed by atoms with E-state index >= 15 is 0 Å². The van der Waals surface area contributed by atoms with E-state index in [1.165, 1.54) is 29.8 Å². The Bertz CT molecular complexity index is 1420. The van der Waals surface area contributed by atoms with Gasteiger partial charge in [0, 0.05) is 22.8 Å². The Balaban J connectivity index is 1.48. The van der Waals surface area contributed by atoms with Gasteiger partial charge in [0.2, 0.25) is 11.1 Å². The first-order valence-corrected chi connectivity index (χ1v) is 12.5. The molecule has 10 nitrogen and oxygen atoms in total. The van der Waals surface area contributed by atoms with Crippen molar-refractivity contribution >= 4 is 61.3 Å². The second-order valence-corrected chi connectivity index (χ2v) is 10.0. The van der Waals surface area contributed by atoms with E-state index in [0.29, 0.717) is 17.3 Å². The molecule has 0 atom stereocenters. The van der Waals surface area contributed by atoms with Crippen molar-refractivity contribution in [2.45, 2.75) is 18.7 Å². The highest BCUT2D eigenvalue weighted by molar-refractivity contribution is 7.93. The number of nitrogens with one attached hydrogen (secondary N) is 3. The number of amides is 1. The number of sulfonamides is 1. The maximum absolute atomic E-state index is 12.8. The molecule has 4 aromatic rings. The van der Waals surface area contributed by atoms with Gasteiger partial charge >= 0.3 is 0 Å². The number of benzene rings is 2. The molecule has 0 spiro atoms. The molecule has 0 saturated heterocycles. The van der Waals surface area contributed by atoms with E-state index < -0.39 is 15.9 Å². The number of carbonyl (C=O) groups excluding carboxylic acids is 1. The molecule has 2 heterocycles. The molecule has 0 saturated carbocycles. The zero-order valence-electron chi connectivity index (χ0n) is 17.9. The molecule has 0 unspecified atom stereocenters. The number of anilines is 4. The summed E-state index contributed by atoms with van der Waals surface area (Å²) in [6.45, 7) is 3.73. The van der Waals surface area contributed by atoms with E-state index in [0.717, 1.165) is 22.7 Å². The van der Waals surface area contributed by atoms with E-state index in [1.807, 2.05) is 19.9 Å². The van der Waals surface area contributed by atoms with Gasteiger partial charge in [0.15, 0.2) is 0 Å². The molecule has 0 fully saturated rings. The van der Waals surface area contributed by atoms with Crippen LogP contribution in [0, 0.1) is 13.8 Å². The number of halogens is 1. The minimum absolute atomic E-state index is 0.0124. The Labute approximate surface area is 204 Å². The van der Waals surface area contributed by atoms with Gasteiger partial charge in [-0.2, -0.15) is 0 Å². The molecule has 13 heteroatoms. The van der Waals surface area contributed by atoms with Crippen LogP contribution in [0.15, 0.2) is 58.9 Å². The van der Waals surface area contributed by atoms with Crippen molar-refractivity contribution in [3.63, 3.8) is 0 Å². The van der Waals surface area contributed by atoms with Crippen molar-refractivity contribution in [1.29, 1.82) is 0 Å². The molecule has 4 rings (SSSR count). The van der Waals surface area contributed by atoms with Crippen LogP contribution in [-0.2, 0) is 10.0 Å². The molecule has 174 valence electrons. The van der Waals surface area contributed by atoms with Gasteiger partial charge in [0.25, 0.3) is 15.9 Å². The van der Waals surface area contributed by atoms with Gasteiger partial charge in [-0.3, -0.25) is 9.52 Å². The Hall–Kier alpha value is -3.61. The van der Waals surface area contributed by atoms with Crippen LogP contribution in [0.2, 0.25) is 5.02 Å². The van der Waals surface area contributed by atoms with Crippen molar-refractivity contribution in [3.8, 4) is 0 Å². The topological polar surface area (TPSA) is 139 Å². The van der Waals surface area contributed by atoms with Gasteiger partial charge in [-0.15, -0.1) is 10.2 Å². The lowest BCUT2D eigenvalue weighted by Crippen LogP contribution is -2.14.